The Morgan fingerprint density at radius 3 is 0.907 bits per heavy atom. The van der Waals surface area contributed by atoms with Gasteiger partial charge in [0, 0.05) is 19.3 Å². The van der Waals surface area contributed by atoms with E-state index in [1.165, 1.54) is 154 Å². The van der Waals surface area contributed by atoms with Crippen LogP contribution in [0.5, 0.6) is 0 Å². The fourth-order valence-electron chi connectivity index (χ4n) is 7.16. The Bertz CT molecular complexity index is 811. The third kappa shape index (κ3) is 41.6. The number of carbonyl (C=O) groups is 3. The lowest BCUT2D eigenvalue weighted by Gasteiger charge is -2.18. The number of carbonyl (C=O) groups excluding carboxylic acids is 3. The molecule has 0 unspecified atom stereocenters. The zero-order valence-electron chi connectivity index (χ0n) is 36.7. The second-order valence-corrected chi connectivity index (χ2v) is 16.9. The fraction of sp³-hybridized carbons (Fsp3) is 0.938. The van der Waals surface area contributed by atoms with Crippen LogP contribution in [0.2, 0.25) is 0 Å². The zero-order valence-corrected chi connectivity index (χ0v) is 36.7. The maximum absolute atomic E-state index is 12.7. The summed E-state index contributed by atoms with van der Waals surface area (Å²) < 4.78 is 16.6. The van der Waals surface area contributed by atoms with Crippen LogP contribution in [-0.4, -0.2) is 37.2 Å². The van der Waals surface area contributed by atoms with Crippen LogP contribution in [0.15, 0.2) is 0 Å². The van der Waals surface area contributed by atoms with Crippen LogP contribution in [0.4, 0.5) is 0 Å². The molecule has 0 heterocycles. The summed E-state index contributed by atoms with van der Waals surface area (Å²) in [6, 6.07) is 0. The quantitative estimate of drug-likeness (QED) is 0.0349. The summed E-state index contributed by atoms with van der Waals surface area (Å²) in [7, 11) is 0. The number of rotatable bonds is 43. The van der Waals surface area contributed by atoms with Gasteiger partial charge in [-0.05, 0) is 25.2 Å². The summed E-state index contributed by atoms with van der Waals surface area (Å²) in [6.07, 6.45) is 42.6. The Balaban J connectivity index is 4.12. The average Bonchev–Trinajstić information content (AvgIpc) is 3.15. The molecule has 0 N–H and O–H groups in total. The largest absolute Gasteiger partial charge is 0.462 e. The molecule has 0 amide bonds. The number of hydrogen-bond donors (Lipinski definition) is 0. The van der Waals surface area contributed by atoms with Gasteiger partial charge in [-0.2, -0.15) is 0 Å². The summed E-state index contributed by atoms with van der Waals surface area (Å²) in [5, 5.41) is 0. The molecule has 54 heavy (non-hydrogen) atoms. The van der Waals surface area contributed by atoms with Crippen LogP contribution in [0.1, 0.15) is 265 Å². The van der Waals surface area contributed by atoms with Gasteiger partial charge in [0.25, 0.3) is 0 Å². The van der Waals surface area contributed by atoms with E-state index in [1.807, 2.05) is 0 Å². The van der Waals surface area contributed by atoms with Gasteiger partial charge in [-0.1, -0.05) is 227 Å². The molecule has 6 nitrogen and oxygen atoms in total. The van der Waals surface area contributed by atoms with Gasteiger partial charge in [0.1, 0.15) is 13.2 Å². The van der Waals surface area contributed by atoms with Crippen LogP contribution in [0.3, 0.4) is 0 Å². The second kappa shape index (κ2) is 42.6. The van der Waals surface area contributed by atoms with Gasteiger partial charge >= 0.3 is 17.9 Å². The smallest absolute Gasteiger partial charge is 0.306 e. The van der Waals surface area contributed by atoms with Crippen molar-refractivity contribution in [1.82, 2.24) is 0 Å². The number of hydrogen-bond acceptors (Lipinski definition) is 6. The molecule has 0 aromatic rings. The molecule has 0 fully saturated rings. The monoisotopic (exact) mass is 765 g/mol. The summed E-state index contributed by atoms with van der Waals surface area (Å²) in [5.41, 5.74) is 0. The Kier molecular flexibility index (Phi) is 41.3. The Labute approximate surface area is 336 Å². The van der Waals surface area contributed by atoms with Crippen molar-refractivity contribution in [2.75, 3.05) is 13.2 Å². The van der Waals surface area contributed by atoms with E-state index in [-0.39, 0.29) is 31.1 Å². The molecule has 320 valence electrons. The van der Waals surface area contributed by atoms with E-state index < -0.39 is 6.10 Å². The molecule has 0 aromatic carbocycles. The third-order valence-electron chi connectivity index (χ3n) is 10.8. The fourth-order valence-corrected chi connectivity index (χ4v) is 7.16. The number of esters is 3. The van der Waals surface area contributed by atoms with E-state index in [9.17, 15) is 14.4 Å². The van der Waals surface area contributed by atoms with Crippen molar-refractivity contribution >= 4 is 17.9 Å². The average molecular weight is 765 g/mol. The van der Waals surface area contributed by atoms with Gasteiger partial charge in [0.2, 0.25) is 0 Å². The van der Waals surface area contributed by atoms with Gasteiger partial charge in [-0.25, -0.2) is 0 Å². The molecule has 0 radical (unpaired) electrons. The molecule has 6 heteroatoms. The van der Waals surface area contributed by atoms with Crippen LogP contribution in [0, 0.1) is 5.92 Å². The maximum atomic E-state index is 12.7. The van der Waals surface area contributed by atoms with E-state index in [0.29, 0.717) is 19.3 Å². The minimum absolute atomic E-state index is 0.0642. The highest BCUT2D eigenvalue weighted by Crippen LogP contribution is 2.17. The number of ether oxygens (including phenoxy) is 3. The predicted octanol–water partition coefficient (Wildman–Crippen LogP) is 15.1. The highest BCUT2D eigenvalue weighted by Gasteiger charge is 2.19. The predicted molar refractivity (Wildman–Crippen MR) is 229 cm³/mol. The highest BCUT2D eigenvalue weighted by atomic mass is 16.6. The van der Waals surface area contributed by atoms with Crippen LogP contribution >= 0.6 is 0 Å². The molecule has 0 saturated carbocycles. The molecule has 0 bridgehead atoms. The van der Waals surface area contributed by atoms with Crippen molar-refractivity contribution in [3.63, 3.8) is 0 Å². The van der Waals surface area contributed by atoms with E-state index in [4.69, 9.17) is 14.2 Å². The standard InChI is InChI=1S/C48H92O6/c1-5-7-9-11-12-13-14-18-23-26-29-33-37-41-48(51)54-45(42-52-46(49)39-35-30-10-8-6-2)43-53-47(50)40-36-32-28-25-22-20-17-15-16-19-21-24-27-31-34-38-44(3)4/h44-45H,5-43H2,1-4H3/t45-/m0/s1. The van der Waals surface area contributed by atoms with Crippen molar-refractivity contribution < 1.29 is 28.6 Å². The molecular weight excluding hydrogens is 673 g/mol. The lowest BCUT2D eigenvalue weighted by molar-refractivity contribution is -0.167. The Morgan fingerprint density at radius 2 is 0.611 bits per heavy atom. The van der Waals surface area contributed by atoms with Crippen molar-refractivity contribution in [2.45, 2.75) is 271 Å². The zero-order chi connectivity index (χ0) is 39.6. The summed E-state index contributed by atoms with van der Waals surface area (Å²) in [5.74, 6) is -0.0152. The molecular formula is C48H92O6. The second-order valence-electron chi connectivity index (χ2n) is 16.9. The minimum atomic E-state index is -0.757. The summed E-state index contributed by atoms with van der Waals surface area (Å²) >= 11 is 0. The lowest BCUT2D eigenvalue weighted by atomic mass is 10.0. The van der Waals surface area contributed by atoms with E-state index in [1.54, 1.807) is 0 Å². The molecule has 0 saturated heterocycles. The van der Waals surface area contributed by atoms with Crippen molar-refractivity contribution in [3.05, 3.63) is 0 Å². The van der Waals surface area contributed by atoms with Crippen molar-refractivity contribution in [3.8, 4) is 0 Å². The lowest BCUT2D eigenvalue weighted by Crippen LogP contribution is -2.30. The van der Waals surface area contributed by atoms with Crippen LogP contribution < -0.4 is 0 Å². The van der Waals surface area contributed by atoms with Crippen LogP contribution in [0.25, 0.3) is 0 Å². The molecule has 0 aliphatic rings. The topological polar surface area (TPSA) is 78.9 Å². The van der Waals surface area contributed by atoms with Gasteiger partial charge < -0.3 is 14.2 Å². The first kappa shape index (κ1) is 52.4. The Morgan fingerprint density at radius 1 is 0.352 bits per heavy atom. The van der Waals surface area contributed by atoms with Gasteiger partial charge in [-0.15, -0.1) is 0 Å². The summed E-state index contributed by atoms with van der Waals surface area (Å²) in [6.45, 7) is 8.94. The normalized spacial score (nSPS) is 11.9. The minimum Gasteiger partial charge on any atom is -0.462 e. The van der Waals surface area contributed by atoms with E-state index in [2.05, 4.69) is 27.7 Å². The van der Waals surface area contributed by atoms with E-state index >= 15 is 0 Å². The molecule has 0 rings (SSSR count). The first-order chi connectivity index (χ1) is 26.4. The van der Waals surface area contributed by atoms with E-state index in [0.717, 1.165) is 70.1 Å². The van der Waals surface area contributed by atoms with Gasteiger partial charge in [0.05, 0.1) is 0 Å². The first-order valence-electron chi connectivity index (χ1n) is 23.9. The SMILES string of the molecule is CCCCCCCCCCCCCCCC(=O)O[C@@H](COC(=O)CCCCCCC)COC(=O)CCCCCCCCCCCCCCCCCC(C)C. The van der Waals surface area contributed by atoms with Gasteiger partial charge in [0.15, 0.2) is 6.10 Å². The highest BCUT2D eigenvalue weighted by molar-refractivity contribution is 5.71. The van der Waals surface area contributed by atoms with Crippen molar-refractivity contribution in [2.24, 2.45) is 5.92 Å². The molecule has 0 aliphatic carbocycles. The summed E-state index contributed by atoms with van der Waals surface area (Å²) in [4.78, 5) is 37.5. The van der Waals surface area contributed by atoms with Crippen LogP contribution in [-0.2, 0) is 28.6 Å². The third-order valence-corrected chi connectivity index (χ3v) is 10.8. The number of unbranched alkanes of at least 4 members (excludes halogenated alkanes) is 30. The molecule has 0 spiro atoms. The molecule has 1 atom stereocenters. The molecule has 0 aromatic heterocycles. The first-order valence-corrected chi connectivity index (χ1v) is 23.9. The van der Waals surface area contributed by atoms with Gasteiger partial charge in [-0.3, -0.25) is 14.4 Å². The Hall–Kier alpha value is -1.59. The van der Waals surface area contributed by atoms with Crippen molar-refractivity contribution in [1.29, 1.82) is 0 Å². The maximum Gasteiger partial charge on any atom is 0.306 e. The molecule has 0 aliphatic heterocycles.